The molecule has 2 nitrogen and oxygen atoms in total. The van der Waals surface area contributed by atoms with Crippen LogP contribution in [0.15, 0.2) is 38.1 Å². The Morgan fingerprint density at radius 2 is 1.45 bits per heavy atom. The lowest BCUT2D eigenvalue weighted by Gasteiger charge is -2.39. The quantitative estimate of drug-likeness (QED) is 0.245. The summed E-state index contributed by atoms with van der Waals surface area (Å²) in [6, 6.07) is 0. The molecule has 0 saturated heterocycles. The Balaban J connectivity index is 4.68. The minimum Gasteiger partial charge on any atom is -0.472 e. The van der Waals surface area contributed by atoms with Gasteiger partial charge in [-0.1, -0.05) is 78.4 Å². The number of rotatable bonds is 15. The summed E-state index contributed by atoms with van der Waals surface area (Å²) in [6.07, 6.45) is 19.8. The molecule has 0 amide bonds. The predicted octanol–water partition coefficient (Wildman–Crippen LogP) is 6.76. The van der Waals surface area contributed by atoms with Gasteiger partial charge in [0.2, 0.25) is 0 Å². The minimum atomic E-state index is 0.129. The lowest BCUT2D eigenvalue weighted by atomic mass is 9.86. The number of nitrogens with zero attached hydrogens (tertiary/aromatic N) is 1. The molecule has 0 spiro atoms. The molecule has 0 fully saturated rings. The topological polar surface area (TPSA) is 12.5 Å². The van der Waals surface area contributed by atoms with E-state index < -0.39 is 0 Å². The summed E-state index contributed by atoms with van der Waals surface area (Å²) in [6.45, 7) is 14.4. The molecule has 0 unspecified atom stereocenters. The van der Waals surface area contributed by atoms with Crippen LogP contribution in [0.4, 0.5) is 0 Å². The fraction of sp³-hybridized carbons (Fsp3) is 0.700. The molecule has 0 aromatic carbocycles. The van der Waals surface area contributed by atoms with Gasteiger partial charge in [-0.15, -0.1) is 0 Å². The third kappa shape index (κ3) is 8.96. The van der Waals surface area contributed by atoms with E-state index in [0.717, 1.165) is 0 Å². The van der Waals surface area contributed by atoms with Crippen molar-refractivity contribution in [2.24, 2.45) is 0 Å². The zero-order valence-corrected chi connectivity index (χ0v) is 15.2. The normalized spacial score (nSPS) is 11.6. The Bertz CT molecular complexity index is 297. The summed E-state index contributed by atoms with van der Waals surface area (Å²) in [7, 11) is 0. The number of unbranched alkanes of at least 4 members (excludes halogenated alkanes) is 6. The highest BCUT2D eigenvalue weighted by Gasteiger charge is 2.27. The van der Waals surface area contributed by atoms with Crippen LogP contribution in [-0.2, 0) is 4.74 Å². The van der Waals surface area contributed by atoms with Crippen molar-refractivity contribution in [3.05, 3.63) is 38.1 Å². The van der Waals surface area contributed by atoms with Gasteiger partial charge in [-0.05, 0) is 26.0 Å². The van der Waals surface area contributed by atoms with Gasteiger partial charge < -0.3 is 9.64 Å². The summed E-state index contributed by atoms with van der Waals surface area (Å²) in [5.74, 6) is 0. The van der Waals surface area contributed by atoms with Crippen LogP contribution in [0.2, 0.25) is 0 Å². The maximum atomic E-state index is 5.14. The molecule has 0 N–H and O–H groups in total. The molecular weight excluding hydrogens is 270 g/mol. The third-order valence-corrected chi connectivity index (χ3v) is 4.35. The monoisotopic (exact) mass is 307 g/mol. The zero-order chi connectivity index (χ0) is 16.7. The molecule has 2 heteroatoms. The molecule has 0 heterocycles. The van der Waals surface area contributed by atoms with E-state index in [1.54, 1.807) is 6.26 Å². The molecule has 0 bridgehead atoms. The summed E-state index contributed by atoms with van der Waals surface area (Å²) < 4.78 is 5.14. The molecule has 0 aliphatic carbocycles. The Morgan fingerprint density at radius 3 is 1.86 bits per heavy atom. The Kier molecular flexibility index (Phi) is 12.8. The SMILES string of the molecule is C=CO/C=C\N(C=C)C(C)(CCCCCC)CCCCCC. The zero-order valence-electron chi connectivity index (χ0n) is 15.2. The van der Waals surface area contributed by atoms with Crippen LogP contribution in [0, 0.1) is 0 Å². The smallest absolute Gasteiger partial charge is 0.106 e. The van der Waals surface area contributed by atoms with E-state index in [2.05, 4.69) is 38.8 Å². The molecule has 0 rings (SSSR count). The molecule has 0 radical (unpaired) electrons. The van der Waals surface area contributed by atoms with E-state index in [-0.39, 0.29) is 5.54 Å². The second kappa shape index (κ2) is 13.5. The second-order valence-corrected chi connectivity index (χ2v) is 6.30. The Labute approximate surface area is 138 Å². The van der Waals surface area contributed by atoms with Gasteiger partial charge in [-0.2, -0.15) is 0 Å². The van der Waals surface area contributed by atoms with Crippen molar-refractivity contribution in [2.45, 2.75) is 90.5 Å². The molecule has 128 valence electrons. The van der Waals surface area contributed by atoms with Gasteiger partial charge in [-0.25, -0.2) is 0 Å². The van der Waals surface area contributed by atoms with Crippen molar-refractivity contribution in [1.82, 2.24) is 4.90 Å². The van der Waals surface area contributed by atoms with Gasteiger partial charge in [0.05, 0.1) is 6.26 Å². The van der Waals surface area contributed by atoms with Crippen molar-refractivity contribution >= 4 is 0 Å². The first-order chi connectivity index (χ1) is 10.6. The van der Waals surface area contributed by atoms with E-state index in [1.807, 2.05) is 12.4 Å². The molecular formula is C20H37NO. The summed E-state index contributed by atoms with van der Waals surface area (Å²) in [5, 5.41) is 0. The van der Waals surface area contributed by atoms with E-state index >= 15 is 0 Å². The first-order valence-corrected chi connectivity index (χ1v) is 8.98. The molecule has 0 aliphatic rings. The van der Waals surface area contributed by atoms with Crippen LogP contribution in [-0.4, -0.2) is 10.4 Å². The van der Waals surface area contributed by atoms with E-state index in [1.165, 1.54) is 70.5 Å². The fourth-order valence-corrected chi connectivity index (χ4v) is 2.87. The lowest BCUT2D eigenvalue weighted by molar-refractivity contribution is 0.180. The van der Waals surface area contributed by atoms with E-state index in [4.69, 9.17) is 4.74 Å². The van der Waals surface area contributed by atoms with Gasteiger partial charge in [0.15, 0.2) is 0 Å². The number of hydrogen-bond donors (Lipinski definition) is 0. The highest BCUT2D eigenvalue weighted by Crippen LogP contribution is 2.30. The van der Waals surface area contributed by atoms with Crippen LogP contribution in [0.1, 0.15) is 85.0 Å². The van der Waals surface area contributed by atoms with Crippen LogP contribution in [0.25, 0.3) is 0 Å². The van der Waals surface area contributed by atoms with Crippen LogP contribution >= 0.6 is 0 Å². The maximum Gasteiger partial charge on any atom is 0.106 e. The summed E-state index contributed by atoms with van der Waals surface area (Å²) in [4.78, 5) is 2.22. The van der Waals surface area contributed by atoms with Crippen LogP contribution in [0.5, 0.6) is 0 Å². The average molecular weight is 308 g/mol. The summed E-state index contributed by atoms with van der Waals surface area (Å²) >= 11 is 0. The van der Waals surface area contributed by atoms with Gasteiger partial charge in [0, 0.05) is 11.7 Å². The van der Waals surface area contributed by atoms with Gasteiger partial charge in [-0.3, -0.25) is 0 Å². The van der Waals surface area contributed by atoms with Crippen LogP contribution in [0.3, 0.4) is 0 Å². The van der Waals surface area contributed by atoms with E-state index in [9.17, 15) is 0 Å². The number of hydrogen-bond acceptors (Lipinski definition) is 2. The Hall–Kier alpha value is -1.18. The van der Waals surface area contributed by atoms with Crippen molar-refractivity contribution in [2.75, 3.05) is 0 Å². The highest BCUT2D eigenvalue weighted by molar-refractivity contribution is 4.98. The predicted molar refractivity (Wildman–Crippen MR) is 98.4 cm³/mol. The largest absolute Gasteiger partial charge is 0.472 e. The van der Waals surface area contributed by atoms with Gasteiger partial charge in [0.25, 0.3) is 0 Å². The van der Waals surface area contributed by atoms with Crippen molar-refractivity contribution < 1.29 is 4.74 Å². The van der Waals surface area contributed by atoms with E-state index in [0.29, 0.717) is 0 Å². The fourth-order valence-electron chi connectivity index (χ4n) is 2.87. The van der Waals surface area contributed by atoms with Crippen molar-refractivity contribution in [1.29, 1.82) is 0 Å². The molecule has 0 aliphatic heterocycles. The number of ether oxygens (including phenoxy) is 1. The first-order valence-electron chi connectivity index (χ1n) is 8.98. The van der Waals surface area contributed by atoms with Gasteiger partial charge >= 0.3 is 0 Å². The average Bonchev–Trinajstić information content (AvgIpc) is 2.52. The molecule has 0 atom stereocenters. The molecule has 0 aromatic heterocycles. The second-order valence-electron chi connectivity index (χ2n) is 6.30. The molecule has 22 heavy (non-hydrogen) atoms. The van der Waals surface area contributed by atoms with Crippen LogP contribution < -0.4 is 0 Å². The standard InChI is InChI=1S/C20H37NO/c1-6-10-12-14-16-20(5,17-15-13-11-7-2)21(8-3)18-19-22-9-4/h8-9,18-19H,3-4,6-7,10-17H2,1-2,5H3/b19-18-. The molecule has 0 saturated carbocycles. The highest BCUT2D eigenvalue weighted by atomic mass is 16.5. The lowest BCUT2D eigenvalue weighted by Crippen LogP contribution is -2.39. The van der Waals surface area contributed by atoms with Crippen molar-refractivity contribution in [3.8, 4) is 0 Å². The maximum absolute atomic E-state index is 5.14. The van der Waals surface area contributed by atoms with Gasteiger partial charge in [0.1, 0.15) is 6.26 Å². The summed E-state index contributed by atoms with van der Waals surface area (Å²) in [5.41, 5.74) is 0.129. The third-order valence-electron chi connectivity index (χ3n) is 4.35. The first kappa shape index (κ1) is 20.8. The Morgan fingerprint density at radius 1 is 0.909 bits per heavy atom. The van der Waals surface area contributed by atoms with Crippen molar-refractivity contribution in [3.63, 3.8) is 0 Å². The minimum absolute atomic E-state index is 0.129. The molecule has 0 aromatic rings.